The molecule has 0 N–H and O–H groups in total. The molecule has 11 heavy (non-hydrogen) atoms. The average Bonchev–Trinajstić information content (AvgIpc) is 1.94. The third kappa shape index (κ3) is 2.02. The van der Waals surface area contributed by atoms with Crippen LogP contribution in [0.5, 0.6) is 0 Å². The van der Waals surface area contributed by atoms with Gasteiger partial charge in [-0.3, -0.25) is 4.79 Å². The third-order valence-electron chi connectivity index (χ3n) is 0.901. The molecule has 0 aromatic carbocycles. The van der Waals surface area contributed by atoms with E-state index in [9.17, 15) is 4.79 Å². The lowest BCUT2D eigenvalue weighted by Crippen LogP contribution is -1.96. The summed E-state index contributed by atoms with van der Waals surface area (Å²) in [5, 5.41) is -0.716. The fraction of sp³-hybridized carbons (Fsp3) is 0. The highest BCUT2D eigenvalue weighted by molar-refractivity contribution is 6.68. The van der Waals surface area contributed by atoms with Gasteiger partial charge in [0, 0.05) is 0 Å². The summed E-state index contributed by atoms with van der Waals surface area (Å²) in [6.45, 7) is 0. The lowest BCUT2D eigenvalue weighted by atomic mass is 10.4. The second-order valence-electron chi connectivity index (χ2n) is 1.61. The second-order valence-corrected chi connectivity index (χ2v) is 2.70. The first-order valence-corrected chi connectivity index (χ1v) is 3.62. The predicted molar refractivity (Wildman–Crippen MR) is 42.2 cm³/mol. The Labute approximate surface area is 77.3 Å². The number of hydrogen-bond donors (Lipinski definition) is 0. The number of nitrogens with zero attached hydrogens (tertiary/aromatic N) is 2. The van der Waals surface area contributed by atoms with Crippen molar-refractivity contribution >= 4 is 40.0 Å². The quantitative estimate of drug-likeness (QED) is 0.528. The molecule has 0 radical (unpaired) electrons. The van der Waals surface area contributed by atoms with Crippen LogP contribution in [-0.2, 0) is 0 Å². The Morgan fingerprint density at radius 1 is 1.45 bits per heavy atom. The van der Waals surface area contributed by atoms with Crippen molar-refractivity contribution in [3.05, 3.63) is 22.2 Å². The van der Waals surface area contributed by atoms with Crippen LogP contribution < -0.4 is 0 Å². The van der Waals surface area contributed by atoms with Crippen LogP contribution in [0.4, 0.5) is 0 Å². The highest BCUT2D eigenvalue weighted by Gasteiger charge is 2.09. The SMILES string of the molecule is O=C(Cl)c1nc(Cl)ncc1Cl. The van der Waals surface area contributed by atoms with Crippen LogP contribution in [0.1, 0.15) is 10.5 Å². The average molecular weight is 211 g/mol. The van der Waals surface area contributed by atoms with Crippen LogP contribution in [0.2, 0.25) is 10.3 Å². The highest BCUT2D eigenvalue weighted by atomic mass is 35.5. The van der Waals surface area contributed by atoms with E-state index in [1.165, 1.54) is 6.20 Å². The van der Waals surface area contributed by atoms with E-state index in [2.05, 4.69) is 9.97 Å². The molecule has 58 valence electrons. The van der Waals surface area contributed by atoms with E-state index in [0.29, 0.717) is 0 Å². The highest BCUT2D eigenvalue weighted by Crippen LogP contribution is 2.15. The summed E-state index contributed by atoms with van der Waals surface area (Å²) >= 11 is 16.0. The summed E-state index contributed by atoms with van der Waals surface area (Å²) < 4.78 is 0. The molecule has 3 nitrogen and oxygen atoms in total. The molecular weight excluding hydrogens is 210 g/mol. The smallest absolute Gasteiger partial charge is 0.272 e. The molecular formula is C5HCl3N2O. The minimum atomic E-state index is -0.751. The van der Waals surface area contributed by atoms with Gasteiger partial charge in [0.25, 0.3) is 5.24 Å². The molecule has 1 aromatic heterocycles. The van der Waals surface area contributed by atoms with Crippen molar-refractivity contribution in [2.24, 2.45) is 0 Å². The van der Waals surface area contributed by atoms with Gasteiger partial charge in [-0.05, 0) is 23.2 Å². The third-order valence-corrected chi connectivity index (χ3v) is 1.54. The van der Waals surface area contributed by atoms with Crippen LogP contribution in [0, 0.1) is 0 Å². The molecule has 6 heteroatoms. The molecule has 0 aliphatic carbocycles. The Bertz CT molecular complexity index is 302. The standard InChI is InChI=1S/C5HCl3N2O/c6-2-1-9-5(8)10-3(2)4(7)11/h1H. The van der Waals surface area contributed by atoms with Crippen molar-refractivity contribution in [2.45, 2.75) is 0 Å². The molecule has 1 heterocycles. The van der Waals surface area contributed by atoms with Crippen molar-refractivity contribution in [2.75, 3.05) is 0 Å². The van der Waals surface area contributed by atoms with Gasteiger partial charge < -0.3 is 0 Å². The molecule has 1 aromatic rings. The van der Waals surface area contributed by atoms with Crippen LogP contribution in [-0.4, -0.2) is 15.2 Å². The molecule has 0 saturated carbocycles. The van der Waals surface area contributed by atoms with E-state index < -0.39 is 5.24 Å². The molecule has 0 fully saturated rings. The van der Waals surface area contributed by atoms with Crippen LogP contribution in [0.3, 0.4) is 0 Å². The lowest BCUT2D eigenvalue weighted by molar-refractivity contribution is 0.107. The molecule has 1 rings (SSSR count). The molecule has 0 amide bonds. The summed E-state index contributed by atoms with van der Waals surface area (Å²) in [6, 6.07) is 0. The monoisotopic (exact) mass is 210 g/mol. The molecule has 0 aliphatic rings. The first-order valence-electron chi connectivity index (χ1n) is 2.49. The zero-order chi connectivity index (χ0) is 8.43. The zero-order valence-corrected chi connectivity index (χ0v) is 7.28. The van der Waals surface area contributed by atoms with Crippen molar-refractivity contribution < 1.29 is 4.79 Å². The number of carbonyl (C=O) groups is 1. The minimum absolute atomic E-state index is 0.0570. The normalized spacial score (nSPS) is 9.73. The Morgan fingerprint density at radius 3 is 2.55 bits per heavy atom. The van der Waals surface area contributed by atoms with Gasteiger partial charge in [-0.15, -0.1) is 0 Å². The summed E-state index contributed by atoms with van der Waals surface area (Å²) in [6.07, 6.45) is 1.21. The maximum atomic E-state index is 10.6. The van der Waals surface area contributed by atoms with Gasteiger partial charge >= 0.3 is 0 Å². The number of hydrogen-bond acceptors (Lipinski definition) is 3. The number of aromatic nitrogens is 2. The van der Waals surface area contributed by atoms with E-state index in [0.717, 1.165) is 0 Å². The van der Waals surface area contributed by atoms with Crippen LogP contribution in [0.15, 0.2) is 6.20 Å². The largest absolute Gasteiger partial charge is 0.274 e. The van der Waals surface area contributed by atoms with Gasteiger partial charge in [-0.25, -0.2) is 9.97 Å². The topological polar surface area (TPSA) is 42.9 Å². The van der Waals surface area contributed by atoms with Gasteiger partial charge in [0.1, 0.15) is 5.69 Å². The maximum absolute atomic E-state index is 10.6. The van der Waals surface area contributed by atoms with E-state index in [4.69, 9.17) is 34.8 Å². The Hall–Kier alpha value is -0.380. The van der Waals surface area contributed by atoms with Gasteiger partial charge in [-0.1, -0.05) is 11.6 Å². The first kappa shape index (κ1) is 8.71. The number of carbonyl (C=O) groups excluding carboxylic acids is 1. The number of halogens is 3. The summed E-state index contributed by atoms with van der Waals surface area (Å²) in [5.41, 5.74) is -0.0756. The van der Waals surface area contributed by atoms with Gasteiger partial charge in [0.15, 0.2) is 0 Å². The number of rotatable bonds is 1. The molecule has 0 bridgehead atoms. The van der Waals surface area contributed by atoms with Crippen molar-refractivity contribution in [1.82, 2.24) is 9.97 Å². The summed E-state index contributed by atoms with van der Waals surface area (Å²) in [5.74, 6) is 0. The maximum Gasteiger partial charge on any atom is 0.272 e. The van der Waals surface area contributed by atoms with Crippen molar-refractivity contribution in [3.8, 4) is 0 Å². The molecule has 0 unspecified atom stereocenters. The minimum Gasteiger partial charge on any atom is -0.274 e. The Balaban J connectivity index is 3.23. The second kappa shape index (κ2) is 3.34. The molecule has 0 spiro atoms. The first-order chi connectivity index (χ1) is 5.11. The van der Waals surface area contributed by atoms with E-state index in [1.807, 2.05) is 0 Å². The summed E-state index contributed by atoms with van der Waals surface area (Å²) in [4.78, 5) is 17.6. The van der Waals surface area contributed by atoms with Gasteiger partial charge in [0.05, 0.1) is 11.2 Å². The molecule has 0 saturated heterocycles. The Kier molecular flexibility index (Phi) is 2.65. The van der Waals surface area contributed by atoms with E-state index in [1.54, 1.807) is 0 Å². The zero-order valence-electron chi connectivity index (χ0n) is 5.01. The van der Waals surface area contributed by atoms with E-state index >= 15 is 0 Å². The van der Waals surface area contributed by atoms with Gasteiger partial charge in [0.2, 0.25) is 5.28 Å². The fourth-order valence-corrected chi connectivity index (χ4v) is 0.986. The predicted octanol–water partition coefficient (Wildman–Crippen LogP) is 2.16. The summed E-state index contributed by atoms with van der Waals surface area (Å²) in [7, 11) is 0. The van der Waals surface area contributed by atoms with E-state index in [-0.39, 0.29) is 16.0 Å². The molecule has 0 aliphatic heterocycles. The van der Waals surface area contributed by atoms with Crippen molar-refractivity contribution in [1.29, 1.82) is 0 Å². The van der Waals surface area contributed by atoms with Crippen LogP contribution in [0.25, 0.3) is 0 Å². The lowest BCUT2D eigenvalue weighted by Gasteiger charge is -1.95. The van der Waals surface area contributed by atoms with Crippen LogP contribution >= 0.6 is 34.8 Å². The van der Waals surface area contributed by atoms with Crippen molar-refractivity contribution in [3.63, 3.8) is 0 Å². The van der Waals surface area contributed by atoms with Gasteiger partial charge in [-0.2, -0.15) is 0 Å². The molecule has 0 atom stereocenters. The fourth-order valence-electron chi connectivity index (χ4n) is 0.483. The Morgan fingerprint density at radius 2 is 2.09 bits per heavy atom.